The van der Waals surface area contributed by atoms with Crippen molar-refractivity contribution in [3.63, 3.8) is 0 Å². The van der Waals surface area contributed by atoms with Crippen LogP contribution in [0.4, 0.5) is 0 Å². The number of benzene rings is 1. The summed E-state index contributed by atoms with van der Waals surface area (Å²) in [6, 6.07) is 13.2. The van der Waals surface area contributed by atoms with Crippen molar-refractivity contribution in [3.8, 4) is 11.1 Å². The van der Waals surface area contributed by atoms with Gasteiger partial charge >= 0.3 is 0 Å². The van der Waals surface area contributed by atoms with Crippen LogP contribution in [0.3, 0.4) is 0 Å². The van der Waals surface area contributed by atoms with Gasteiger partial charge in [-0.15, -0.1) is 0 Å². The number of hydrogen-bond acceptors (Lipinski definition) is 4. The minimum atomic E-state index is -0.359. The molecule has 1 aromatic heterocycles. The zero-order valence-electron chi connectivity index (χ0n) is 16.3. The van der Waals surface area contributed by atoms with Gasteiger partial charge in [-0.2, -0.15) is 0 Å². The zero-order valence-corrected chi connectivity index (χ0v) is 16.3. The molecule has 4 rings (SSSR count). The van der Waals surface area contributed by atoms with Gasteiger partial charge in [0.05, 0.1) is 12.1 Å². The quantitative estimate of drug-likeness (QED) is 0.826. The summed E-state index contributed by atoms with van der Waals surface area (Å²) in [6.07, 6.45) is 0. The summed E-state index contributed by atoms with van der Waals surface area (Å²) < 4.78 is 1.84. The molecule has 1 aromatic carbocycles. The van der Waals surface area contributed by atoms with Crippen LogP contribution in [-0.2, 0) is 11.3 Å². The average Bonchev–Trinajstić information content (AvgIpc) is 3.23. The van der Waals surface area contributed by atoms with Gasteiger partial charge in [0.15, 0.2) is 0 Å². The van der Waals surface area contributed by atoms with E-state index in [0.29, 0.717) is 25.2 Å². The Morgan fingerprint density at radius 1 is 1.18 bits per heavy atom. The minimum absolute atomic E-state index is 0.000373. The molecular weight excluding hydrogens is 354 g/mol. The highest BCUT2D eigenvalue weighted by Crippen LogP contribution is 2.49. The van der Waals surface area contributed by atoms with Crippen LogP contribution >= 0.6 is 0 Å². The van der Waals surface area contributed by atoms with Crippen molar-refractivity contribution >= 4 is 5.91 Å². The first-order valence-electron chi connectivity index (χ1n) is 10.1. The largest absolute Gasteiger partial charge is 0.396 e. The van der Waals surface area contributed by atoms with E-state index in [0.717, 1.165) is 11.3 Å². The van der Waals surface area contributed by atoms with Crippen molar-refractivity contribution in [2.75, 3.05) is 19.7 Å². The molecule has 0 unspecified atom stereocenters. The Morgan fingerprint density at radius 3 is 2.57 bits per heavy atom. The topological polar surface area (TPSA) is 74.6 Å². The third-order valence-corrected chi connectivity index (χ3v) is 6.26. The molecule has 3 heterocycles. The fourth-order valence-electron chi connectivity index (χ4n) is 5.10. The summed E-state index contributed by atoms with van der Waals surface area (Å²) in [7, 11) is 0. The maximum absolute atomic E-state index is 13.2. The Bertz CT molecular complexity index is 924. The van der Waals surface area contributed by atoms with Gasteiger partial charge in [0.25, 0.3) is 5.56 Å². The van der Waals surface area contributed by atoms with E-state index < -0.39 is 0 Å². The average molecular weight is 381 g/mol. The van der Waals surface area contributed by atoms with E-state index in [-0.39, 0.29) is 42.0 Å². The molecule has 1 saturated heterocycles. The number of hydrogen-bond donors (Lipinski definition) is 2. The third kappa shape index (κ3) is 2.79. The van der Waals surface area contributed by atoms with Crippen LogP contribution in [0.1, 0.15) is 25.6 Å². The molecule has 28 heavy (non-hydrogen) atoms. The number of aliphatic hydroxyl groups is 1. The number of carbonyl (C=O) groups excluding carboxylic acids is 1. The second kappa shape index (κ2) is 7.53. The number of aromatic nitrogens is 1. The van der Waals surface area contributed by atoms with Gasteiger partial charge in [-0.25, -0.2) is 0 Å². The van der Waals surface area contributed by atoms with E-state index in [1.807, 2.05) is 60.9 Å². The van der Waals surface area contributed by atoms with Gasteiger partial charge in [0.1, 0.15) is 0 Å². The Hall–Kier alpha value is -2.44. The molecule has 148 valence electrons. The molecule has 6 heteroatoms. The lowest BCUT2D eigenvalue weighted by Crippen LogP contribution is -2.48. The zero-order chi connectivity index (χ0) is 19.8. The van der Waals surface area contributed by atoms with Crippen molar-refractivity contribution in [2.45, 2.75) is 32.5 Å². The van der Waals surface area contributed by atoms with Crippen molar-refractivity contribution in [3.05, 3.63) is 58.5 Å². The smallest absolute Gasteiger partial charge is 0.258 e. The highest BCUT2D eigenvalue weighted by Gasteiger charge is 2.54. The van der Waals surface area contributed by atoms with Crippen molar-refractivity contribution in [2.24, 2.45) is 11.8 Å². The second-order valence-corrected chi connectivity index (χ2v) is 7.58. The molecule has 0 spiro atoms. The molecule has 0 saturated carbocycles. The molecule has 0 bridgehead atoms. The summed E-state index contributed by atoms with van der Waals surface area (Å²) >= 11 is 0. The number of rotatable bonds is 5. The van der Waals surface area contributed by atoms with E-state index in [1.54, 1.807) is 0 Å². The van der Waals surface area contributed by atoms with Gasteiger partial charge < -0.3 is 15.0 Å². The maximum atomic E-state index is 13.2. The first-order valence-corrected chi connectivity index (χ1v) is 10.1. The van der Waals surface area contributed by atoms with Gasteiger partial charge in [-0.3, -0.25) is 14.5 Å². The molecule has 6 nitrogen and oxygen atoms in total. The minimum Gasteiger partial charge on any atom is -0.396 e. The van der Waals surface area contributed by atoms with Crippen LogP contribution in [0, 0.1) is 11.8 Å². The van der Waals surface area contributed by atoms with Gasteiger partial charge in [-0.1, -0.05) is 37.3 Å². The fourth-order valence-corrected chi connectivity index (χ4v) is 5.10. The van der Waals surface area contributed by atoms with Crippen molar-refractivity contribution in [1.82, 2.24) is 14.8 Å². The summed E-state index contributed by atoms with van der Waals surface area (Å²) in [4.78, 5) is 28.1. The number of aliphatic hydroxyl groups excluding tert-OH is 1. The van der Waals surface area contributed by atoms with E-state index >= 15 is 0 Å². The molecule has 4 atom stereocenters. The summed E-state index contributed by atoms with van der Waals surface area (Å²) in [5.41, 5.74) is 2.54. The molecule has 0 radical (unpaired) electrons. The Labute approximate surface area is 164 Å². The number of fused-ring (bicyclic) bond motifs is 3. The number of amides is 1. The van der Waals surface area contributed by atoms with Crippen LogP contribution in [0.5, 0.6) is 0 Å². The van der Waals surface area contributed by atoms with Crippen LogP contribution in [0.15, 0.2) is 47.3 Å². The lowest BCUT2D eigenvalue weighted by atomic mass is 9.88. The SMILES string of the molecule is CCNC(=O)[C@H]1[C@H](CO)[C@H]2Cn3c(ccc(-c4ccccc4)c3=O)[C@H]2N1CC. The summed E-state index contributed by atoms with van der Waals surface area (Å²) in [6.45, 7) is 5.66. The Balaban J connectivity index is 1.76. The highest BCUT2D eigenvalue weighted by molar-refractivity contribution is 5.82. The number of carbonyl (C=O) groups is 1. The lowest BCUT2D eigenvalue weighted by molar-refractivity contribution is -0.127. The number of likely N-dealkylation sites (N-methyl/N-ethyl adjacent to an activating group) is 2. The van der Waals surface area contributed by atoms with Crippen LogP contribution < -0.4 is 10.9 Å². The standard InChI is InChI=1S/C22H27N3O3/c1-3-23-21(27)20-17(13-26)16-12-25-18(19(16)24(20)4-2)11-10-15(22(25)28)14-8-6-5-7-9-14/h5-11,16-17,19-20,26H,3-4,12-13H2,1-2H3,(H,23,27)/t16-,17-,19+,20-/m1/s1. The van der Waals surface area contributed by atoms with E-state index in [9.17, 15) is 14.7 Å². The molecule has 1 fully saturated rings. The number of likely N-dealkylation sites (tertiary alicyclic amines) is 1. The molecule has 0 aliphatic carbocycles. The second-order valence-electron chi connectivity index (χ2n) is 7.58. The molecular formula is C22H27N3O3. The van der Waals surface area contributed by atoms with Crippen molar-refractivity contribution < 1.29 is 9.90 Å². The predicted octanol–water partition coefficient (Wildman–Crippen LogP) is 1.63. The summed E-state index contributed by atoms with van der Waals surface area (Å²) in [5, 5.41) is 13.0. The highest BCUT2D eigenvalue weighted by atomic mass is 16.3. The molecule has 2 N–H and O–H groups in total. The number of nitrogens with one attached hydrogen (secondary N) is 1. The third-order valence-electron chi connectivity index (χ3n) is 6.26. The van der Waals surface area contributed by atoms with E-state index in [1.165, 1.54) is 0 Å². The molecule has 2 aliphatic rings. The van der Waals surface area contributed by atoms with Gasteiger partial charge in [-0.05, 0) is 31.2 Å². The summed E-state index contributed by atoms with van der Waals surface area (Å²) in [5.74, 6) is -0.167. The number of pyridine rings is 1. The van der Waals surface area contributed by atoms with Crippen LogP contribution in [0.25, 0.3) is 11.1 Å². The van der Waals surface area contributed by atoms with Gasteiger partial charge in [0.2, 0.25) is 5.91 Å². The first kappa shape index (κ1) is 18.9. The molecule has 2 aromatic rings. The fraction of sp³-hybridized carbons (Fsp3) is 0.455. The normalized spacial score (nSPS) is 26.1. The van der Waals surface area contributed by atoms with E-state index in [2.05, 4.69) is 10.2 Å². The Kier molecular flexibility index (Phi) is 5.08. The number of nitrogens with zero attached hydrogens (tertiary/aromatic N) is 2. The molecule has 1 amide bonds. The van der Waals surface area contributed by atoms with Crippen LogP contribution in [-0.4, -0.2) is 46.2 Å². The first-order chi connectivity index (χ1) is 13.6. The van der Waals surface area contributed by atoms with Crippen LogP contribution in [0.2, 0.25) is 0 Å². The van der Waals surface area contributed by atoms with Gasteiger partial charge in [0, 0.05) is 42.8 Å². The lowest BCUT2D eigenvalue weighted by Gasteiger charge is -2.29. The maximum Gasteiger partial charge on any atom is 0.258 e. The molecule has 2 aliphatic heterocycles. The Morgan fingerprint density at radius 2 is 1.93 bits per heavy atom. The monoisotopic (exact) mass is 381 g/mol. The predicted molar refractivity (Wildman–Crippen MR) is 108 cm³/mol. The van der Waals surface area contributed by atoms with E-state index in [4.69, 9.17) is 0 Å². The van der Waals surface area contributed by atoms with Crippen molar-refractivity contribution in [1.29, 1.82) is 0 Å².